The van der Waals surface area contributed by atoms with Gasteiger partial charge in [0.05, 0.1) is 12.5 Å². The number of amides is 1. The zero-order chi connectivity index (χ0) is 14.7. The number of phenols is 1. The highest BCUT2D eigenvalue weighted by atomic mass is 35.5. The van der Waals surface area contributed by atoms with Crippen molar-refractivity contribution in [3.05, 3.63) is 29.8 Å². The van der Waals surface area contributed by atoms with Gasteiger partial charge in [0.15, 0.2) is 0 Å². The highest BCUT2D eigenvalue weighted by Gasteiger charge is 2.37. The molecule has 0 bridgehead atoms. The van der Waals surface area contributed by atoms with Crippen molar-refractivity contribution in [2.45, 2.75) is 24.3 Å². The first-order chi connectivity index (χ1) is 9.51. The first-order valence-electron chi connectivity index (χ1n) is 6.30. The van der Waals surface area contributed by atoms with E-state index in [0.717, 1.165) is 5.56 Å². The number of benzene rings is 1. The second-order valence-electron chi connectivity index (χ2n) is 4.76. The van der Waals surface area contributed by atoms with Crippen LogP contribution in [0.15, 0.2) is 24.3 Å². The molecular weight excluding hydrogens is 282 g/mol. The Morgan fingerprint density at radius 2 is 2.15 bits per heavy atom. The van der Waals surface area contributed by atoms with Gasteiger partial charge in [0.25, 0.3) is 0 Å². The summed E-state index contributed by atoms with van der Waals surface area (Å²) in [6.07, 6.45) is 0.576. The summed E-state index contributed by atoms with van der Waals surface area (Å²) < 4.78 is 4.78. The molecule has 6 heteroatoms. The number of phenolic OH excluding ortho intramolecular Hbond substituents is 1. The number of rotatable bonds is 4. The predicted molar refractivity (Wildman–Crippen MR) is 73.6 cm³/mol. The number of halogens is 1. The van der Waals surface area contributed by atoms with Crippen molar-refractivity contribution < 1.29 is 19.4 Å². The van der Waals surface area contributed by atoms with Crippen molar-refractivity contribution in [3.63, 3.8) is 0 Å². The number of hydrogen-bond acceptors (Lipinski definition) is 4. The molecule has 0 aromatic heterocycles. The number of hydrogen-bond donors (Lipinski definition) is 1. The molecule has 1 aliphatic heterocycles. The number of alkyl halides is 1. The summed E-state index contributed by atoms with van der Waals surface area (Å²) in [6, 6.07) is 5.83. The lowest BCUT2D eigenvalue weighted by Crippen LogP contribution is -2.44. The smallest absolute Gasteiger partial charge is 0.328 e. The molecule has 1 unspecified atom stereocenters. The molecule has 1 saturated heterocycles. The SMILES string of the molecule is COC(=O)[C@H](Cc1ccc(O)cc1)N1CC(Cl)CC1=O. The van der Waals surface area contributed by atoms with Crippen molar-refractivity contribution in [1.82, 2.24) is 4.90 Å². The number of likely N-dealkylation sites (tertiary alicyclic amines) is 1. The van der Waals surface area contributed by atoms with Gasteiger partial charge >= 0.3 is 5.97 Å². The summed E-state index contributed by atoms with van der Waals surface area (Å²) in [7, 11) is 1.30. The van der Waals surface area contributed by atoms with E-state index in [0.29, 0.717) is 13.0 Å². The Kier molecular flexibility index (Phi) is 4.49. The fourth-order valence-corrected chi connectivity index (χ4v) is 2.58. The van der Waals surface area contributed by atoms with Gasteiger partial charge in [0, 0.05) is 19.4 Å². The monoisotopic (exact) mass is 297 g/mol. The third kappa shape index (κ3) is 3.22. The second-order valence-corrected chi connectivity index (χ2v) is 5.37. The Labute approximate surface area is 122 Å². The lowest BCUT2D eigenvalue weighted by atomic mass is 10.0. The van der Waals surface area contributed by atoms with Gasteiger partial charge in [-0.15, -0.1) is 11.6 Å². The van der Waals surface area contributed by atoms with Crippen LogP contribution >= 0.6 is 11.6 Å². The Balaban J connectivity index is 2.18. The molecule has 5 nitrogen and oxygen atoms in total. The normalized spacial score (nSPS) is 20.0. The first-order valence-corrected chi connectivity index (χ1v) is 6.74. The van der Waals surface area contributed by atoms with Gasteiger partial charge in [-0.3, -0.25) is 4.79 Å². The van der Waals surface area contributed by atoms with Crippen molar-refractivity contribution in [2.75, 3.05) is 13.7 Å². The quantitative estimate of drug-likeness (QED) is 0.672. The summed E-state index contributed by atoms with van der Waals surface area (Å²) in [6.45, 7) is 0.345. The Morgan fingerprint density at radius 1 is 1.50 bits per heavy atom. The largest absolute Gasteiger partial charge is 0.508 e. The number of aromatic hydroxyl groups is 1. The van der Waals surface area contributed by atoms with Gasteiger partial charge in [-0.1, -0.05) is 12.1 Å². The van der Waals surface area contributed by atoms with Crippen LogP contribution < -0.4 is 0 Å². The number of methoxy groups -OCH3 is 1. The Morgan fingerprint density at radius 3 is 2.65 bits per heavy atom. The van der Waals surface area contributed by atoms with E-state index in [1.54, 1.807) is 24.3 Å². The van der Waals surface area contributed by atoms with Gasteiger partial charge in [-0.25, -0.2) is 4.79 Å². The van der Waals surface area contributed by atoms with Crippen molar-refractivity contribution in [3.8, 4) is 5.75 Å². The summed E-state index contributed by atoms with van der Waals surface area (Å²) in [5.41, 5.74) is 0.837. The van der Waals surface area contributed by atoms with E-state index in [4.69, 9.17) is 16.3 Å². The van der Waals surface area contributed by atoms with Crippen LogP contribution in [0.5, 0.6) is 5.75 Å². The lowest BCUT2D eigenvalue weighted by Gasteiger charge is -2.25. The van der Waals surface area contributed by atoms with E-state index < -0.39 is 12.0 Å². The number of esters is 1. The molecule has 1 heterocycles. The molecule has 1 amide bonds. The molecule has 0 radical (unpaired) electrons. The average Bonchev–Trinajstić information content (AvgIpc) is 2.76. The van der Waals surface area contributed by atoms with Crippen molar-refractivity contribution in [1.29, 1.82) is 0 Å². The van der Waals surface area contributed by atoms with Crippen LogP contribution in [0.25, 0.3) is 0 Å². The molecule has 1 fully saturated rings. The predicted octanol–water partition coefficient (Wildman–Crippen LogP) is 1.32. The zero-order valence-electron chi connectivity index (χ0n) is 11.1. The third-order valence-corrected chi connectivity index (χ3v) is 3.62. The van der Waals surface area contributed by atoms with Crippen LogP contribution in [0.3, 0.4) is 0 Å². The molecular formula is C14H16ClNO4. The van der Waals surface area contributed by atoms with Crippen LogP contribution in [0.2, 0.25) is 0 Å². The Hall–Kier alpha value is -1.75. The number of ether oxygens (including phenoxy) is 1. The zero-order valence-corrected chi connectivity index (χ0v) is 11.8. The Bertz CT molecular complexity index is 502. The summed E-state index contributed by atoms with van der Waals surface area (Å²) >= 11 is 5.97. The van der Waals surface area contributed by atoms with E-state index in [1.807, 2.05) is 0 Å². The molecule has 1 N–H and O–H groups in total. The lowest BCUT2D eigenvalue weighted by molar-refractivity contribution is -0.151. The van der Waals surface area contributed by atoms with Crippen molar-refractivity contribution >= 4 is 23.5 Å². The minimum absolute atomic E-state index is 0.140. The van der Waals surface area contributed by atoms with E-state index in [9.17, 15) is 14.7 Å². The van der Waals surface area contributed by atoms with Crippen LogP contribution in [0.1, 0.15) is 12.0 Å². The molecule has 1 aromatic carbocycles. The van der Waals surface area contributed by atoms with E-state index in [-0.39, 0.29) is 23.5 Å². The van der Waals surface area contributed by atoms with Crippen LogP contribution in [0.4, 0.5) is 0 Å². The summed E-state index contributed by atoms with van der Waals surface area (Å²) in [4.78, 5) is 25.3. The highest BCUT2D eigenvalue weighted by Crippen LogP contribution is 2.22. The second kappa shape index (κ2) is 6.13. The third-order valence-electron chi connectivity index (χ3n) is 3.33. The maximum Gasteiger partial charge on any atom is 0.328 e. The maximum atomic E-state index is 11.9. The molecule has 0 aliphatic carbocycles. The molecule has 20 heavy (non-hydrogen) atoms. The van der Waals surface area contributed by atoms with Gasteiger partial charge < -0.3 is 14.7 Å². The van der Waals surface area contributed by atoms with Crippen LogP contribution in [0, 0.1) is 0 Å². The van der Waals surface area contributed by atoms with Gasteiger partial charge in [-0.2, -0.15) is 0 Å². The molecule has 108 valence electrons. The first kappa shape index (κ1) is 14.7. The van der Waals surface area contributed by atoms with Crippen LogP contribution in [-0.4, -0.2) is 47.0 Å². The van der Waals surface area contributed by atoms with Gasteiger partial charge in [0.1, 0.15) is 11.8 Å². The number of carbonyl (C=O) groups excluding carboxylic acids is 2. The van der Waals surface area contributed by atoms with E-state index in [1.165, 1.54) is 12.0 Å². The maximum absolute atomic E-state index is 11.9. The molecule has 2 atom stereocenters. The highest BCUT2D eigenvalue weighted by molar-refractivity contribution is 6.22. The van der Waals surface area contributed by atoms with E-state index in [2.05, 4.69) is 0 Å². The number of nitrogens with zero attached hydrogens (tertiary/aromatic N) is 1. The minimum atomic E-state index is -0.680. The van der Waals surface area contributed by atoms with Gasteiger partial charge in [0.2, 0.25) is 5.91 Å². The topological polar surface area (TPSA) is 66.8 Å². The van der Waals surface area contributed by atoms with Crippen LogP contribution in [-0.2, 0) is 20.7 Å². The molecule has 1 aromatic rings. The summed E-state index contributed by atoms with van der Waals surface area (Å²) in [5, 5.41) is 8.99. The standard InChI is InChI=1S/C14H16ClNO4/c1-20-14(19)12(16-8-10(15)7-13(16)18)6-9-2-4-11(17)5-3-9/h2-5,10,12,17H,6-8H2,1H3/t10?,12-/m0/s1. The number of carbonyl (C=O) groups is 2. The van der Waals surface area contributed by atoms with Crippen molar-refractivity contribution in [2.24, 2.45) is 0 Å². The molecule has 2 rings (SSSR count). The molecule has 1 aliphatic rings. The summed E-state index contributed by atoms with van der Waals surface area (Å²) in [5.74, 6) is -0.446. The van der Waals surface area contributed by atoms with E-state index >= 15 is 0 Å². The molecule has 0 saturated carbocycles. The minimum Gasteiger partial charge on any atom is -0.508 e. The average molecular weight is 298 g/mol. The fraction of sp³-hybridized carbons (Fsp3) is 0.429. The fourth-order valence-electron chi connectivity index (χ4n) is 2.30. The van der Waals surface area contributed by atoms with Gasteiger partial charge in [-0.05, 0) is 17.7 Å². The molecule has 0 spiro atoms.